The standard InChI is InChI=1S/C11H12FN3O2/c1-15(2)6-10-13-11(17-14-10)8-4-3-7(12)5-9(8)16/h3-5,16H,6H2,1-2H3. The van der Waals surface area contributed by atoms with Crippen LogP contribution >= 0.6 is 0 Å². The Morgan fingerprint density at radius 2 is 2.18 bits per heavy atom. The van der Waals surface area contributed by atoms with Crippen molar-refractivity contribution in [3.05, 3.63) is 29.8 Å². The van der Waals surface area contributed by atoms with Crippen LogP contribution in [-0.4, -0.2) is 34.2 Å². The number of phenolic OH excluding ortho intramolecular Hbond substituents is 1. The van der Waals surface area contributed by atoms with Crippen LogP contribution in [-0.2, 0) is 6.54 Å². The summed E-state index contributed by atoms with van der Waals surface area (Å²) in [5, 5.41) is 13.3. The van der Waals surface area contributed by atoms with Crippen molar-refractivity contribution in [3.8, 4) is 17.2 Å². The van der Waals surface area contributed by atoms with Crippen molar-refractivity contribution >= 4 is 0 Å². The van der Waals surface area contributed by atoms with E-state index in [1.807, 2.05) is 19.0 Å². The fourth-order valence-electron chi connectivity index (χ4n) is 1.40. The first-order valence-electron chi connectivity index (χ1n) is 5.02. The van der Waals surface area contributed by atoms with Crippen molar-refractivity contribution in [1.29, 1.82) is 0 Å². The molecule has 0 atom stereocenters. The van der Waals surface area contributed by atoms with Gasteiger partial charge in [0, 0.05) is 6.07 Å². The topological polar surface area (TPSA) is 62.4 Å². The van der Waals surface area contributed by atoms with E-state index in [0.717, 1.165) is 6.07 Å². The maximum Gasteiger partial charge on any atom is 0.261 e. The summed E-state index contributed by atoms with van der Waals surface area (Å²) >= 11 is 0. The van der Waals surface area contributed by atoms with Gasteiger partial charge >= 0.3 is 0 Å². The normalized spacial score (nSPS) is 11.1. The highest BCUT2D eigenvalue weighted by atomic mass is 19.1. The Labute approximate surface area is 97.5 Å². The van der Waals surface area contributed by atoms with E-state index < -0.39 is 5.82 Å². The Bertz CT molecular complexity index is 525. The summed E-state index contributed by atoms with van der Waals surface area (Å²) < 4.78 is 17.8. The lowest BCUT2D eigenvalue weighted by Crippen LogP contribution is -2.11. The zero-order valence-electron chi connectivity index (χ0n) is 9.51. The predicted molar refractivity (Wildman–Crippen MR) is 58.7 cm³/mol. The Hall–Kier alpha value is -1.95. The molecule has 0 aliphatic carbocycles. The largest absolute Gasteiger partial charge is 0.507 e. The number of hydrogen-bond donors (Lipinski definition) is 1. The van der Waals surface area contributed by atoms with Crippen molar-refractivity contribution in [2.45, 2.75) is 6.54 Å². The third-order valence-corrected chi connectivity index (χ3v) is 2.12. The van der Waals surface area contributed by atoms with Crippen LogP contribution in [0, 0.1) is 5.82 Å². The molecule has 6 heteroatoms. The van der Waals surface area contributed by atoms with Crippen molar-refractivity contribution in [2.24, 2.45) is 0 Å². The number of aromatic nitrogens is 2. The molecule has 0 saturated heterocycles. The SMILES string of the molecule is CN(C)Cc1noc(-c2ccc(F)cc2O)n1. The molecule has 1 aromatic heterocycles. The molecule has 1 aromatic carbocycles. The summed E-state index contributed by atoms with van der Waals surface area (Å²) in [5.74, 6) is -0.0441. The Balaban J connectivity index is 2.30. The molecular weight excluding hydrogens is 225 g/mol. The molecule has 0 aliphatic rings. The zero-order valence-corrected chi connectivity index (χ0v) is 9.51. The molecule has 2 rings (SSSR count). The van der Waals surface area contributed by atoms with Gasteiger partial charge in [-0.1, -0.05) is 5.16 Å². The third kappa shape index (κ3) is 2.59. The lowest BCUT2D eigenvalue weighted by Gasteiger charge is -2.03. The van der Waals surface area contributed by atoms with Crippen LogP contribution < -0.4 is 0 Å². The first-order valence-corrected chi connectivity index (χ1v) is 5.02. The zero-order chi connectivity index (χ0) is 12.4. The van der Waals surface area contributed by atoms with Gasteiger partial charge in [0.1, 0.15) is 11.6 Å². The highest BCUT2D eigenvalue weighted by Gasteiger charge is 2.13. The van der Waals surface area contributed by atoms with Gasteiger partial charge in [-0.25, -0.2) is 4.39 Å². The minimum absolute atomic E-state index is 0.180. The third-order valence-electron chi connectivity index (χ3n) is 2.12. The molecule has 0 radical (unpaired) electrons. The quantitative estimate of drug-likeness (QED) is 0.879. The molecule has 1 heterocycles. The molecule has 2 aromatic rings. The summed E-state index contributed by atoms with van der Waals surface area (Å²) in [6.45, 7) is 0.533. The first-order chi connectivity index (χ1) is 8.06. The van der Waals surface area contributed by atoms with Crippen LogP contribution in [0.2, 0.25) is 0 Å². The first kappa shape index (κ1) is 11.5. The molecule has 5 nitrogen and oxygen atoms in total. The number of rotatable bonds is 3. The van der Waals surface area contributed by atoms with E-state index in [0.29, 0.717) is 17.9 Å². The van der Waals surface area contributed by atoms with Gasteiger partial charge in [0.15, 0.2) is 5.82 Å². The van der Waals surface area contributed by atoms with Crippen LogP contribution in [0.3, 0.4) is 0 Å². The lowest BCUT2D eigenvalue weighted by molar-refractivity contribution is 0.365. The molecule has 0 amide bonds. The van der Waals surface area contributed by atoms with E-state index in [1.165, 1.54) is 12.1 Å². The van der Waals surface area contributed by atoms with Gasteiger partial charge in [0.05, 0.1) is 12.1 Å². The van der Waals surface area contributed by atoms with E-state index >= 15 is 0 Å². The van der Waals surface area contributed by atoms with E-state index in [-0.39, 0.29) is 11.6 Å². The molecule has 0 spiro atoms. The second kappa shape index (κ2) is 4.50. The second-order valence-electron chi connectivity index (χ2n) is 3.92. The van der Waals surface area contributed by atoms with E-state index in [2.05, 4.69) is 10.1 Å². The molecule has 0 saturated carbocycles. The van der Waals surface area contributed by atoms with Crippen LogP contribution in [0.4, 0.5) is 4.39 Å². The Morgan fingerprint density at radius 3 is 2.82 bits per heavy atom. The monoisotopic (exact) mass is 237 g/mol. The second-order valence-corrected chi connectivity index (χ2v) is 3.92. The predicted octanol–water partition coefficient (Wildman–Crippen LogP) is 1.64. The summed E-state index contributed by atoms with van der Waals surface area (Å²) in [7, 11) is 3.76. The molecular formula is C11H12FN3O2. The van der Waals surface area contributed by atoms with Crippen LogP contribution in [0.25, 0.3) is 11.5 Å². The van der Waals surface area contributed by atoms with Crippen molar-refractivity contribution < 1.29 is 14.0 Å². The number of hydrogen-bond acceptors (Lipinski definition) is 5. The van der Waals surface area contributed by atoms with E-state index in [9.17, 15) is 9.50 Å². The average molecular weight is 237 g/mol. The number of nitrogens with zero attached hydrogens (tertiary/aromatic N) is 3. The van der Waals surface area contributed by atoms with E-state index in [4.69, 9.17) is 4.52 Å². The average Bonchev–Trinajstić information content (AvgIpc) is 2.65. The molecule has 0 bridgehead atoms. The molecule has 0 aliphatic heterocycles. The molecule has 17 heavy (non-hydrogen) atoms. The smallest absolute Gasteiger partial charge is 0.261 e. The minimum atomic E-state index is -0.515. The molecule has 0 unspecified atom stereocenters. The van der Waals surface area contributed by atoms with Gasteiger partial charge in [-0.3, -0.25) is 0 Å². The number of phenols is 1. The Morgan fingerprint density at radius 1 is 1.41 bits per heavy atom. The van der Waals surface area contributed by atoms with Crippen molar-refractivity contribution in [2.75, 3.05) is 14.1 Å². The summed E-state index contributed by atoms with van der Waals surface area (Å²) in [5.41, 5.74) is 0.323. The van der Waals surface area contributed by atoms with Gasteiger partial charge in [0.25, 0.3) is 5.89 Å². The lowest BCUT2D eigenvalue weighted by atomic mass is 10.2. The van der Waals surface area contributed by atoms with Gasteiger partial charge in [0.2, 0.25) is 0 Å². The number of benzene rings is 1. The summed E-state index contributed by atoms with van der Waals surface area (Å²) in [6, 6.07) is 3.63. The van der Waals surface area contributed by atoms with Gasteiger partial charge in [-0.2, -0.15) is 4.98 Å². The van der Waals surface area contributed by atoms with Gasteiger partial charge in [-0.05, 0) is 26.2 Å². The molecule has 90 valence electrons. The fraction of sp³-hybridized carbons (Fsp3) is 0.273. The van der Waals surface area contributed by atoms with Gasteiger partial charge < -0.3 is 14.5 Å². The molecule has 1 N–H and O–H groups in total. The number of halogens is 1. The van der Waals surface area contributed by atoms with E-state index in [1.54, 1.807) is 0 Å². The summed E-state index contributed by atoms with van der Waals surface area (Å²) in [6.07, 6.45) is 0. The maximum absolute atomic E-state index is 12.8. The van der Waals surface area contributed by atoms with Crippen LogP contribution in [0.5, 0.6) is 5.75 Å². The fourth-order valence-corrected chi connectivity index (χ4v) is 1.40. The highest BCUT2D eigenvalue weighted by molar-refractivity contribution is 5.61. The van der Waals surface area contributed by atoms with Crippen LogP contribution in [0.15, 0.2) is 22.7 Å². The van der Waals surface area contributed by atoms with Crippen molar-refractivity contribution in [3.63, 3.8) is 0 Å². The Kier molecular flexibility index (Phi) is 3.06. The molecule has 0 fully saturated rings. The van der Waals surface area contributed by atoms with Crippen LogP contribution in [0.1, 0.15) is 5.82 Å². The maximum atomic E-state index is 12.8. The number of aromatic hydroxyl groups is 1. The van der Waals surface area contributed by atoms with Gasteiger partial charge in [-0.15, -0.1) is 0 Å². The minimum Gasteiger partial charge on any atom is -0.507 e. The highest BCUT2D eigenvalue weighted by Crippen LogP contribution is 2.28. The summed E-state index contributed by atoms with van der Waals surface area (Å²) in [4.78, 5) is 6.00. The van der Waals surface area contributed by atoms with Crippen molar-refractivity contribution in [1.82, 2.24) is 15.0 Å².